The third-order valence-corrected chi connectivity index (χ3v) is 4.38. The van der Waals surface area contributed by atoms with Crippen LogP contribution in [0, 0.1) is 6.92 Å². The van der Waals surface area contributed by atoms with Gasteiger partial charge in [-0.05, 0) is 52.4 Å². The Morgan fingerprint density at radius 3 is 2.85 bits per heavy atom. The summed E-state index contributed by atoms with van der Waals surface area (Å²) < 4.78 is 2.21. The second-order valence-corrected chi connectivity index (χ2v) is 6.42. The number of likely N-dealkylation sites (tertiary alicyclic amines) is 1. The van der Waals surface area contributed by atoms with Crippen molar-refractivity contribution in [2.75, 3.05) is 13.6 Å². The zero-order chi connectivity index (χ0) is 14.3. The fraction of sp³-hybridized carbons (Fsp3) is 0.600. The van der Waals surface area contributed by atoms with Crippen LogP contribution in [-0.2, 0) is 6.54 Å². The molecule has 2 unspecified atom stereocenters. The maximum absolute atomic E-state index is 6.32. The molecule has 0 saturated carbocycles. The average molecular weight is 293 g/mol. The van der Waals surface area contributed by atoms with Gasteiger partial charge in [0.25, 0.3) is 0 Å². The average Bonchev–Trinajstić information content (AvgIpc) is 2.95. The van der Waals surface area contributed by atoms with Crippen molar-refractivity contribution in [2.24, 2.45) is 0 Å². The molecule has 0 radical (unpaired) electrons. The molecule has 1 aliphatic heterocycles. The van der Waals surface area contributed by atoms with E-state index in [1.807, 2.05) is 26.0 Å². The van der Waals surface area contributed by atoms with Crippen molar-refractivity contribution in [3.63, 3.8) is 0 Å². The number of imidazole rings is 1. The highest BCUT2D eigenvalue weighted by Crippen LogP contribution is 2.26. The third-order valence-electron chi connectivity index (χ3n) is 4.18. The van der Waals surface area contributed by atoms with E-state index in [4.69, 9.17) is 11.6 Å². The van der Waals surface area contributed by atoms with Crippen molar-refractivity contribution in [1.29, 1.82) is 0 Å². The number of halogens is 1. The Hall–Kier alpha value is -1.13. The predicted octanol–water partition coefficient (Wildman–Crippen LogP) is 3.13. The van der Waals surface area contributed by atoms with Gasteiger partial charge in [0.2, 0.25) is 0 Å². The maximum atomic E-state index is 6.32. The molecular formula is C15H21ClN4. The Labute approximate surface area is 124 Å². The fourth-order valence-corrected chi connectivity index (χ4v) is 3.18. The first-order valence-corrected chi connectivity index (χ1v) is 7.68. The van der Waals surface area contributed by atoms with Gasteiger partial charge in [0.15, 0.2) is 5.65 Å². The lowest BCUT2D eigenvalue weighted by Crippen LogP contribution is -2.30. The lowest BCUT2D eigenvalue weighted by molar-refractivity contribution is 0.282. The Morgan fingerprint density at radius 2 is 2.20 bits per heavy atom. The molecule has 2 aromatic rings. The van der Waals surface area contributed by atoms with Gasteiger partial charge < -0.3 is 9.47 Å². The van der Waals surface area contributed by atoms with E-state index < -0.39 is 0 Å². The van der Waals surface area contributed by atoms with Gasteiger partial charge in [-0.25, -0.2) is 9.97 Å². The van der Waals surface area contributed by atoms with Crippen molar-refractivity contribution in [2.45, 2.75) is 44.7 Å². The van der Waals surface area contributed by atoms with E-state index in [-0.39, 0.29) is 5.38 Å². The SMILES string of the molecule is Cc1ccc2nc(C(C)Cl)n(CC3CCCN3C)c2n1. The molecule has 0 N–H and O–H groups in total. The number of hydrogen-bond donors (Lipinski definition) is 0. The Morgan fingerprint density at radius 1 is 1.40 bits per heavy atom. The second kappa shape index (κ2) is 5.34. The van der Waals surface area contributed by atoms with Crippen molar-refractivity contribution >= 4 is 22.8 Å². The predicted molar refractivity (Wildman–Crippen MR) is 82.2 cm³/mol. The van der Waals surface area contributed by atoms with E-state index in [9.17, 15) is 0 Å². The van der Waals surface area contributed by atoms with Gasteiger partial charge in [-0.3, -0.25) is 0 Å². The number of nitrogens with zero attached hydrogens (tertiary/aromatic N) is 4. The smallest absolute Gasteiger partial charge is 0.160 e. The Balaban J connectivity index is 2.05. The van der Waals surface area contributed by atoms with Gasteiger partial charge in [0.05, 0.1) is 5.38 Å². The molecule has 2 aromatic heterocycles. The summed E-state index contributed by atoms with van der Waals surface area (Å²) in [6.45, 7) is 6.10. The molecule has 108 valence electrons. The molecule has 0 spiro atoms. The molecule has 20 heavy (non-hydrogen) atoms. The van der Waals surface area contributed by atoms with E-state index in [1.54, 1.807) is 0 Å². The lowest BCUT2D eigenvalue weighted by Gasteiger charge is -2.21. The van der Waals surface area contributed by atoms with Crippen LogP contribution < -0.4 is 0 Å². The summed E-state index contributed by atoms with van der Waals surface area (Å²) in [6, 6.07) is 4.60. The Kier molecular flexibility index (Phi) is 3.69. The summed E-state index contributed by atoms with van der Waals surface area (Å²) in [6.07, 6.45) is 2.50. The molecule has 1 fully saturated rings. The summed E-state index contributed by atoms with van der Waals surface area (Å²) in [5.74, 6) is 0.931. The largest absolute Gasteiger partial charge is 0.310 e. The first-order chi connectivity index (χ1) is 9.56. The first-order valence-electron chi connectivity index (χ1n) is 7.24. The molecule has 3 heterocycles. The van der Waals surface area contributed by atoms with Crippen LogP contribution in [0.15, 0.2) is 12.1 Å². The third kappa shape index (κ3) is 2.42. The van der Waals surface area contributed by atoms with Crippen molar-refractivity contribution < 1.29 is 0 Å². The highest BCUT2D eigenvalue weighted by Gasteiger charge is 2.24. The van der Waals surface area contributed by atoms with Crippen LogP contribution >= 0.6 is 11.6 Å². The minimum absolute atomic E-state index is 0.101. The number of alkyl halides is 1. The highest BCUT2D eigenvalue weighted by atomic mass is 35.5. The highest BCUT2D eigenvalue weighted by molar-refractivity contribution is 6.20. The fourth-order valence-electron chi connectivity index (χ4n) is 3.02. The summed E-state index contributed by atoms with van der Waals surface area (Å²) in [5.41, 5.74) is 2.93. The molecule has 0 aromatic carbocycles. The van der Waals surface area contributed by atoms with Crippen LogP contribution in [0.2, 0.25) is 0 Å². The van der Waals surface area contributed by atoms with Crippen molar-refractivity contribution in [1.82, 2.24) is 19.4 Å². The van der Waals surface area contributed by atoms with Crippen LogP contribution in [0.1, 0.15) is 36.7 Å². The van der Waals surface area contributed by atoms with Gasteiger partial charge in [-0.2, -0.15) is 0 Å². The summed E-state index contributed by atoms with van der Waals surface area (Å²) in [4.78, 5) is 11.8. The number of fused-ring (bicyclic) bond motifs is 1. The number of pyridine rings is 1. The van der Waals surface area contributed by atoms with Crippen LogP contribution in [0.5, 0.6) is 0 Å². The molecular weight excluding hydrogens is 272 g/mol. The zero-order valence-corrected chi connectivity index (χ0v) is 13.1. The van der Waals surface area contributed by atoms with Crippen molar-refractivity contribution in [3.05, 3.63) is 23.7 Å². The number of likely N-dealkylation sites (N-methyl/N-ethyl adjacent to an activating group) is 1. The number of aromatic nitrogens is 3. The Bertz CT molecular complexity index is 620. The summed E-state index contributed by atoms with van der Waals surface area (Å²) in [5, 5.41) is -0.101. The second-order valence-electron chi connectivity index (χ2n) is 5.77. The van der Waals surface area contributed by atoms with E-state index in [0.717, 1.165) is 29.2 Å². The van der Waals surface area contributed by atoms with Crippen LogP contribution in [0.3, 0.4) is 0 Å². The molecule has 1 aliphatic rings. The molecule has 4 nitrogen and oxygen atoms in total. The monoisotopic (exact) mass is 292 g/mol. The topological polar surface area (TPSA) is 34.0 Å². The molecule has 3 rings (SSSR count). The van der Waals surface area contributed by atoms with E-state index in [0.29, 0.717) is 6.04 Å². The lowest BCUT2D eigenvalue weighted by atomic mass is 10.2. The van der Waals surface area contributed by atoms with Gasteiger partial charge in [0, 0.05) is 18.3 Å². The summed E-state index contributed by atoms with van der Waals surface area (Å²) in [7, 11) is 2.19. The zero-order valence-electron chi connectivity index (χ0n) is 12.3. The van der Waals surface area contributed by atoms with Gasteiger partial charge >= 0.3 is 0 Å². The van der Waals surface area contributed by atoms with E-state index in [1.165, 1.54) is 19.4 Å². The van der Waals surface area contributed by atoms with Gasteiger partial charge in [-0.1, -0.05) is 0 Å². The normalized spacial score (nSPS) is 21.7. The first kappa shape index (κ1) is 13.8. The molecule has 0 amide bonds. The van der Waals surface area contributed by atoms with Crippen LogP contribution in [0.25, 0.3) is 11.2 Å². The van der Waals surface area contributed by atoms with Crippen LogP contribution in [0.4, 0.5) is 0 Å². The molecule has 1 saturated heterocycles. The van der Waals surface area contributed by atoms with E-state index in [2.05, 4.69) is 26.5 Å². The van der Waals surface area contributed by atoms with Crippen LogP contribution in [-0.4, -0.2) is 39.1 Å². The maximum Gasteiger partial charge on any atom is 0.160 e. The summed E-state index contributed by atoms with van der Waals surface area (Å²) >= 11 is 6.32. The van der Waals surface area contributed by atoms with Crippen molar-refractivity contribution in [3.8, 4) is 0 Å². The molecule has 2 atom stereocenters. The van der Waals surface area contributed by atoms with Gasteiger partial charge in [0.1, 0.15) is 11.3 Å². The van der Waals surface area contributed by atoms with E-state index >= 15 is 0 Å². The quantitative estimate of drug-likeness (QED) is 0.815. The molecule has 0 aliphatic carbocycles. The standard InChI is InChI=1S/C15H21ClN4/c1-10-6-7-13-15(17-10)20(14(18-13)11(2)16)9-12-5-4-8-19(12)3/h6-7,11-12H,4-5,8-9H2,1-3H3. The molecule has 5 heteroatoms. The number of hydrogen-bond acceptors (Lipinski definition) is 3. The number of rotatable bonds is 3. The molecule has 0 bridgehead atoms. The van der Waals surface area contributed by atoms with Gasteiger partial charge in [-0.15, -0.1) is 11.6 Å². The minimum Gasteiger partial charge on any atom is -0.310 e. The number of aryl methyl sites for hydroxylation is 1. The minimum atomic E-state index is -0.101.